The van der Waals surface area contributed by atoms with Gasteiger partial charge in [0.25, 0.3) is 0 Å². The van der Waals surface area contributed by atoms with Gasteiger partial charge in [0.1, 0.15) is 11.4 Å². The third-order valence-electron chi connectivity index (χ3n) is 2.14. The predicted molar refractivity (Wildman–Crippen MR) is 55.7 cm³/mol. The predicted octanol–water partition coefficient (Wildman–Crippen LogP) is 1.24. The maximum atomic E-state index is 11.2. The number of H-pyrrole nitrogens is 1. The van der Waals surface area contributed by atoms with Crippen molar-refractivity contribution in [1.29, 1.82) is 0 Å². The number of hydrogen-bond acceptors (Lipinski definition) is 4. The molecule has 2 rings (SSSR count). The van der Waals surface area contributed by atoms with Gasteiger partial charge in [0.2, 0.25) is 0 Å². The Bertz CT molecular complexity index is 531. The van der Waals surface area contributed by atoms with Gasteiger partial charge in [-0.2, -0.15) is 0 Å². The fraction of sp³-hybridized carbons (Fsp3) is 0.100. The highest BCUT2D eigenvalue weighted by atomic mass is 16.5. The Labute approximate surface area is 85.5 Å². The number of aromatic nitrogens is 1. The summed E-state index contributed by atoms with van der Waals surface area (Å²) in [5.74, 6) is -0.444. The van der Waals surface area contributed by atoms with Crippen LogP contribution in [0.1, 0.15) is 10.5 Å². The van der Waals surface area contributed by atoms with Crippen molar-refractivity contribution in [1.82, 2.24) is 4.98 Å². The number of fused-ring (bicyclic) bond motifs is 1. The SMILES string of the molecule is COC(=O)c1cc2c(O)cc(N)cc2[nH]1. The maximum Gasteiger partial charge on any atom is 0.354 e. The molecule has 1 heterocycles. The Hall–Kier alpha value is -2.17. The van der Waals surface area contributed by atoms with E-state index in [1.807, 2.05) is 0 Å². The van der Waals surface area contributed by atoms with Crippen molar-refractivity contribution in [3.63, 3.8) is 0 Å². The van der Waals surface area contributed by atoms with Crippen LogP contribution in [0.4, 0.5) is 5.69 Å². The summed E-state index contributed by atoms with van der Waals surface area (Å²) in [6.07, 6.45) is 0. The molecule has 1 aromatic carbocycles. The van der Waals surface area contributed by atoms with Gasteiger partial charge >= 0.3 is 5.97 Å². The van der Waals surface area contributed by atoms with Crippen LogP contribution in [0.2, 0.25) is 0 Å². The molecular formula is C10H10N2O3. The van der Waals surface area contributed by atoms with Gasteiger partial charge in [-0.15, -0.1) is 0 Å². The molecule has 0 saturated heterocycles. The number of hydrogen-bond donors (Lipinski definition) is 3. The first-order chi connectivity index (χ1) is 7.11. The number of anilines is 1. The van der Waals surface area contributed by atoms with E-state index in [9.17, 15) is 9.90 Å². The summed E-state index contributed by atoms with van der Waals surface area (Å²) in [5.41, 5.74) is 6.87. The van der Waals surface area contributed by atoms with Gasteiger partial charge in [-0.05, 0) is 12.1 Å². The average molecular weight is 206 g/mol. The van der Waals surface area contributed by atoms with Crippen molar-refractivity contribution in [3.05, 3.63) is 23.9 Å². The monoisotopic (exact) mass is 206 g/mol. The molecule has 0 aliphatic carbocycles. The van der Waals surface area contributed by atoms with Crippen molar-refractivity contribution in [3.8, 4) is 5.75 Å². The summed E-state index contributed by atoms with van der Waals surface area (Å²) < 4.78 is 4.55. The first-order valence-electron chi connectivity index (χ1n) is 4.31. The van der Waals surface area contributed by atoms with Crippen LogP contribution >= 0.6 is 0 Å². The molecule has 0 atom stereocenters. The van der Waals surface area contributed by atoms with E-state index in [4.69, 9.17) is 5.73 Å². The number of phenols is 1. The Morgan fingerprint density at radius 2 is 2.20 bits per heavy atom. The Balaban J connectivity index is 2.65. The summed E-state index contributed by atoms with van der Waals surface area (Å²) in [5, 5.41) is 10.1. The molecule has 0 spiro atoms. The van der Waals surface area contributed by atoms with E-state index in [2.05, 4.69) is 9.72 Å². The molecule has 0 amide bonds. The van der Waals surface area contributed by atoms with E-state index in [0.29, 0.717) is 16.6 Å². The van der Waals surface area contributed by atoms with E-state index in [1.54, 1.807) is 6.07 Å². The van der Waals surface area contributed by atoms with Gasteiger partial charge in [-0.25, -0.2) is 4.79 Å². The van der Waals surface area contributed by atoms with E-state index >= 15 is 0 Å². The van der Waals surface area contributed by atoms with Crippen LogP contribution in [0, 0.1) is 0 Å². The zero-order chi connectivity index (χ0) is 11.0. The molecule has 0 radical (unpaired) electrons. The van der Waals surface area contributed by atoms with Gasteiger partial charge in [-0.1, -0.05) is 0 Å². The van der Waals surface area contributed by atoms with Gasteiger partial charge in [-0.3, -0.25) is 0 Å². The van der Waals surface area contributed by atoms with Crippen LogP contribution < -0.4 is 5.73 Å². The van der Waals surface area contributed by atoms with Crippen LogP contribution in [-0.2, 0) is 4.74 Å². The number of esters is 1. The minimum absolute atomic E-state index is 0.0383. The molecule has 5 heteroatoms. The number of nitrogens with one attached hydrogen (secondary N) is 1. The number of methoxy groups -OCH3 is 1. The van der Waals surface area contributed by atoms with E-state index in [0.717, 1.165) is 0 Å². The highest BCUT2D eigenvalue weighted by Gasteiger charge is 2.11. The maximum absolute atomic E-state index is 11.2. The minimum atomic E-state index is -0.482. The van der Waals surface area contributed by atoms with Crippen molar-refractivity contribution in [2.24, 2.45) is 0 Å². The first-order valence-corrected chi connectivity index (χ1v) is 4.31. The van der Waals surface area contributed by atoms with Crippen LogP contribution in [-0.4, -0.2) is 23.2 Å². The van der Waals surface area contributed by atoms with E-state index in [-0.39, 0.29) is 11.4 Å². The number of phenolic OH excluding ortho intramolecular Hbond substituents is 1. The summed E-state index contributed by atoms with van der Waals surface area (Å²) >= 11 is 0. The molecule has 0 unspecified atom stereocenters. The topological polar surface area (TPSA) is 88.3 Å². The second kappa shape index (κ2) is 3.20. The lowest BCUT2D eigenvalue weighted by atomic mass is 10.2. The zero-order valence-electron chi connectivity index (χ0n) is 8.07. The summed E-state index contributed by atoms with van der Waals surface area (Å²) in [7, 11) is 1.29. The molecule has 0 saturated carbocycles. The summed E-state index contributed by atoms with van der Waals surface area (Å²) in [6, 6.07) is 4.59. The molecule has 2 aromatic rings. The molecule has 1 aromatic heterocycles. The lowest BCUT2D eigenvalue weighted by molar-refractivity contribution is 0.0595. The number of benzene rings is 1. The van der Waals surface area contributed by atoms with Crippen LogP contribution in [0.5, 0.6) is 5.75 Å². The number of ether oxygens (including phenoxy) is 1. The minimum Gasteiger partial charge on any atom is -0.507 e. The lowest BCUT2D eigenvalue weighted by Crippen LogP contribution is -2.00. The van der Waals surface area contributed by atoms with Crippen molar-refractivity contribution in [2.75, 3.05) is 12.8 Å². The fourth-order valence-corrected chi connectivity index (χ4v) is 1.46. The normalized spacial score (nSPS) is 10.5. The van der Waals surface area contributed by atoms with Gasteiger partial charge in [0.15, 0.2) is 0 Å². The number of aromatic hydroxyl groups is 1. The van der Waals surface area contributed by atoms with Gasteiger partial charge in [0.05, 0.1) is 12.6 Å². The zero-order valence-corrected chi connectivity index (χ0v) is 8.07. The van der Waals surface area contributed by atoms with Gasteiger partial charge in [0, 0.05) is 17.1 Å². The second-order valence-electron chi connectivity index (χ2n) is 3.18. The molecule has 4 N–H and O–H groups in total. The number of carbonyl (C=O) groups is 1. The number of carbonyl (C=O) groups excluding carboxylic acids is 1. The summed E-state index contributed by atoms with van der Waals surface area (Å²) in [4.78, 5) is 14.0. The lowest BCUT2D eigenvalue weighted by Gasteiger charge is -1.96. The quantitative estimate of drug-likeness (QED) is 0.484. The number of nitrogen functional groups attached to an aromatic ring is 1. The molecular weight excluding hydrogens is 196 g/mol. The van der Waals surface area contributed by atoms with E-state index < -0.39 is 5.97 Å². The van der Waals surface area contributed by atoms with E-state index in [1.165, 1.54) is 19.2 Å². The van der Waals surface area contributed by atoms with Crippen molar-refractivity contribution >= 4 is 22.6 Å². The van der Waals surface area contributed by atoms with Crippen molar-refractivity contribution < 1.29 is 14.6 Å². The largest absolute Gasteiger partial charge is 0.507 e. The van der Waals surface area contributed by atoms with Gasteiger partial charge < -0.3 is 20.6 Å². The molecule has 0 aliphatic heterocycles. The highest BCUT2D eigenvalue weighted by molar-refractivity contribution is 5.98. The molecule has 0 aliphatic rings. The summed E-state index contributed by atoms with van der Waals surface area (Å²) in [6.45, 7) is 0. The van der Waals surface area contributed by atoms with Crippen LogP contribution in [0.15, 0.2) is 18.2 Å². The molecule has 78 valence electrons. The molecule has 5 nitrogen and oxygen atoms in total. The number of aromatic amines is 1. The number of rotatable bonds is 1. The van der Waals surface area contributed by atoms with Crippen LogP contribution in [0.25, 0.3) is 10.9 Å². The highest BCUT2D eigenvalue weighted by Crippen LogP contribution is 2.28. The molecule has 0 bridgehead atoms. The Morgan fingerprint density at radius 3 is 2.87 bits per heavy atom. The first kappa shape index (κ1) is 9.39. The Morgan fingerprint density at radius 1 is 1.47 bits per heavy atom. The third-order valence-corrected chi connectivity index (χ3v) is 2.14. The standard InChI is InChI=1S/C10H10N2O3/c1-15-10(14)8-4-6-7(12-8)2-5(11)3-9(6)13/h2-4,12-13H,11H2,1H3. The van der Waals surface area contributed by atoms with Crippen molar-refractivity contribution in [2.45, 2.75) is 0 Å². The smallest absolute Gasteiger partial charge is 0.354 e. The molecule has 15 heavy (non-hydrogen) atoms. The number of nitrogens with two attached hydrogens (primary N) is 1. The fourth-order valence-electron chi connectivity index (χ4n) is 1.46. The third kappa shape index (κ3) is 1.48. The second-order valence-corrected chi connectivity index (χ2v) is 3.18. The molecule has 0 fully saturated rings. The van der Waals surface area contributed by atoms with Crippen LogP contribution in [0.3, 0.4) is 0 Å². The average Bonchev–Trinajstić information content (AvgIpc) is 2.60. The Kier molecular flexibility index (Phi) is 2.00.